The molecule has 0 atom stereocenters. The minimum absolute atomic E-state index is 0.948. The van der Waals surface area contributed by atoms with E-state index in [1.165, 1.54) is 5.82 Å². The van der Waals surface area contributed by atoms with Crippen LogP contribution in [0, 0.1) is 0 Å². The van der Waals surface area contributed by atoms with Gasteiger partial charge in [0.1, 0.15) is 5.82 Å². The first-order valence-corrected chi connectivity index (χ1v) is 3.06. The fourth-order valence-electron chi connectivity index (χ4n) is 0.974. The lowest BCUT2D eigenvalue weighted by Crippen LogP contribution is -2.32. The first kappa shape index (κ1) is 6.42. The number of hydrogen-bond acceptors (Lipinski definition) is 3. The van der Waals surface area contributed by atoms with E-state index < -0.39 is 0 Å². The SMILES string of the molecule is CN(C)C1=CCNN1C. The van der Waals surface area contributed by atoms with Gasteiger partial charge in [-0.2, -0.15) is 0 Å². The summed E-state index contributed by atoms with van der Waals surface area (Å²) in [4.78, 5) is 2.08. The average Bonchev–Trinajstić information content (AvgIpc) is 2.13. The summed E-state index contributed by atoms with van der Waals surface area (Å²) in [5.74, 6) is 1.23. The third-order valence-electron chi connectivity index (χ3n) is 1.41. The minimum atomic E-state index is 0.948. The summed E-state index contributed by atoms with van der Waals surface area (Å²) in [5.41, 5.74) is 3.15. The Kier molecular flexibility index (Phi) is 1.62. The van der Waals surface area contributed by atoms with E-state index in [0.29, 0.717) is 0 Å². The standard InChI is InChI=1S/C6H13N3/c1-8(2)6-4-5-7-9(6)3/h4,7H,5H2,1-3H3. The van der Waals surface area contributed by atoms with Gasteiger partial charge in [-0.1, -0.05) is 0 Å². The van der Waals surface area contributed by atoms with Crippen molar-refractivity contribution in [1.29, 1.82) is 0 Å². The zero-order valence-electron chi connectivity index (χ0n) is 6.18. The molecule has 1 N–H and O–H groups in total. The summed E-state index contributed by atoms with van der Waals surface area (Å²) in [6.07, 6.45) is 2.15. The highest BCUT2D eigenvalue weighted by Crippen LogP contribution is 2.04. The van der Waals surface area contributed by atoms with Gasteiger partial charge in [0, 0.05) is 27.7 Å². The van der Waals surface area contributed by atoms with Crippen molar-refractivity contribution in [3.05, 3.63) is 11.9 Å². The van der Waals surface area contributed by atoms with Gasteiger partial charge in [-0.05, 0) is 6.08 Å². The van der Waals surface area contributed by atoms with Gasteiger partial charge in [-0.15, -0.1) is 0 Å². The van der Waals surface area contributed by atoms with Crippen LogP contribution in [0.4, 0.5) is 0 Å². The molecule has 1 rings (SSSR count). The van der Waals surface area contributed by atoms with E-state index in [-0.39, 0.29) is 0 Å². The van der Waals surface area contributed by atoms with E-state index in [1.807, 2.05) is 26.2 Å². The lowest BCUT2D eigenvalue weighted by Gasteiger charge is -2.22. The monoisotopic (exact) mass is 127 g/mol. The molecule has 0 saturated carbocycles. The summed E-state index contributed by atoms with van der Waals surface area (Å²) < 4.78 is 0. The lowest BCUT2D eigenvalue weighted by molar-refractivity contribution is 0.263. The predicted molar refractivity (Wildman–Crippen MR) is 37.5 cm³/mol. The summed E-state index contributed by atoms with van der Waals surface area (Å²) in [5, 5.41) is 2.01. The van der Waals surface area contributed by atoms with Crippen molar-refractivity contribution in [3.63, 3.8) is 0 Å². The smallest absolute Gasteiger partial charge is 0.115 e. The van der Waals surface area contributed by atoms with E-state index in [0.717, 1.165) is 6.54 Å². The van der Waals surface area contributed by atoms with Gasteiger partial charge in [0.25, 0.3) is 0 Å². The third kappa shape index (κ3) is 1.16. The molecule has 52 valence electrons. The predicted octanol–water partition coefficient (Wildman–Crippen LogP) is -0.161. The Morgan fingerprint density at radius 2 is 2.33 bits per heavy atom. The maximum atomic E-state index is 3.15. The van der Waals surface area contributed by atoms with E-state index in [4.69, 9.17) is 0 Å². The molecule has 3 nitrogen and oxygen atoms in total. The molecule has 9 heavy (non-hydrogen) atoms. The Morgan fingerprint density at radius 3 is 2.56 bits per heavy atom. The maximum absolute atomic E-state index is 3.15. The van der Waals surface area contributed by atoms with Crippen molar-refractivity contribution in [2.45, 2.75) is 0 Å². The van der Waals surface area contributed by atoms with E-state index in [9.17, 15) is 0 Å². The molecule has 0 aliphatic carbocycles. The molecule has 1 aliphatic heterocycles. The highest BCUT2D eigenvalue weighted by Gasteiger charge is 2.09. The molecular weight excluding hydrogens is 114 g/mol. The number of rotatable bonds is 1. The van der Waals surface area contributed by atoms with Crippen LogP contribution in [0.3, 0.4) is 0 Å². The van der Waals surface area contributed by atoms with Crippen molar-refractivity contribution in [3.8, 4) is 0 Å². The zero-order chi connectivity index (χ0) is 6.85. The molecule has 0 bridgehead atoms. The molecule has 0 aromatic heterocycles. The van der Waals surface area contributed by atoms with E-state index in [2.05, 4.69) is 16.4 Å². The highest BCUT2D eigenvalue weighted by atomic mass is 15.6. The van der Waals surface area contributed by atoms with Crippen LogP contribution in [0.1, 0.15) is 0 Å². The van der Waals surface area contributed by atoms with Crippen LogP contribution in [-0.2, 0) is 0 Å². The largest absolute Gasteiger partial charge is 0.364 e. The van der Waals surface area contributed by atoms with Gasteiger partial charge in [0.15, 0.2) is 0 Å². The molecule has 0 aromatic rings. The van der Waals surface area contributed by atoms with Gasteiger partial charge < -0.3 is 4.90 Å². The lowest BCUT2D eigenvalue weighted by atomic mass is 10.5. The van der Waals surface area contributed by atoms with Gasteiger partial charge in [0.05, 0.1) is 0 Å². The van der Waals surface area contributed by atoms with Gasteiger partial charge in [-0.3, -0.25) is 5.01 Å². The highest BCUT2D eigenvalue weighted by molar-refractivity contribution is 5.02. The van der Waals surface area contributed by atoms with Crippen molar-refractivity contribution >= 4 is 0 Å². The fraction of sp³-hybridized carbons (Fsp3) is 0.667. The summed E-state index contributed by atoms with van der Waals surface area (Å²) >= 11 is 0. The Morgan fingerprint density at radius 1 is 1.67 bits per heavy atom. The number of nitrogens with one attached hydrogen (secondary N) is 1. The molecule has 0 fully saturated rings. The van der Waals surface area contributed by atoms with Crippen molar-refractivity contribution in [2.24, 2.45) is 0 Å². The Balaban J connectivity index is 2.57. The second-order valence-corrected chi connectivity index (χ2v) is 2.38. The summed E-state index contributed by atoms with van der Waals surface area (Å²) in [7, 11) is 6.09. The molecule has 0 saturated heterocycles. The van der Waals surface area contributed by atoms with Crippen LogP contribution < -0.4 is 5.43 Å². The topological polar surface area (TPSA) is 18.5 Å². The van der Waals surface area contributed by atoms with Crippen LogP contribution >= 0.6 is 0 Å². The Hall–Kier alpha value is -0.700. The quantitative estimate of drug-likeness (QED) is 0.528. The maximum Gasteiger partial charge on any atom is 0.115 e. The molecule has 0 radical (unpaired) electrons. The molecular formula is C6H13N3. The summed E-state index contributed by atoms with van der Waals surface area (Å²) in [6.45, 7) is 0.948. The normalized spacial score (nSPS) is 18.1. The van der Waals surface area contributed by atoms with Gasteiger partial charge in [-0.25, -0.2) is 5.43 Å². The number of hydrazine groups is 1. The second-order valence-electron chi connectivity index (χ2n) is 2.38. The third-order valence-corrected chi connectivity index (χ3v) is 1.41. The average molecular weight is 127 g/mol. The van der Waals surface area contributed by atoms with Crippen LogP contribution in [0.2, 0.25) is 0 Å². The molecule has 0 unspecified atom stereocenters. The molecule has 0 amide bonds. The Bertz CT molecular complexity index is 128. The van der Waals surface area contributed by atoms with Crippen molar-refractivity contribution in [2.75, 3.05) is 27.7 Å². The number of nitrogens with zero attached hydrogens (tertiary/aromatic N) is 2. The molecule has 0 aromatic carbocycles. The van der Waals surface area contributed by atoms with Crippen molar-refractivity contribution in [1.82, 2.24) is 15.3 Å². The van der Waals surface area contributed by atoms with Crippen LogP contribution in [-0.4, -0.2) is 37.6 Å². The first-order chi connectivity index (χ1) is 4.22. The Labute approximate surface area is 55.9 Å². The molecule has 0 spiro atoms. The van der Waals surface area contributed by atoms with Crippen LogP contribution in [0.15, 0.2) is 11.9 Å². The van der Waals surface area contributed by atoms with E-state index >= 15 is 0 Å². The summed E-state index contributed by atoms with van der Waals surface area (Å²) in [6, 6.07) is 0. The minimum Gasteiger partial charge on any atom is -0.364 e. The van der Waals surface area contributed by atoms with Crippen molar-refractivity contribution < 1.29 is 0 Å². The van der Waals surface area contributed by atoms with Crippen LogP contribution in [0.5, 0.6) is 0 Å². The molecule has 3 heteroatoms. The fourth-order valence-corrected chi connectivity index (χ4v) is 0.974. The van der Waals surface area contributed by atoms with Gasteiger partial charge in [0.2, 0.25) is 0 Å². The molecule has 1 aliphatic rings. The van der Waals surface area contributed by atoms with Gasteiger partial charge >= 0.3 is 0 Å². The first-order valence-electron chi connectivity index (χ1n) is 3.06. The van der Waals surface area contributed by atoms with E-state index in [1.54, 1.807) is 0 Å². The second kappa shape index (κ2) is 2.27. The van der Waals surface area contributed by atoms with Crippen LogP contribution in [0.25, 0.3) is 0 Å². The molecule has 1 heterocycles. The number of hydrogen-bond donors (Lipinski definition) is 1. The zero-order valence-corrected chi connectivity index (χ0v) is 6.18.